The minimum Gasteiger partial charge on any atom is -0.492 e. The van der Waals surface area contributed by atoms with Crippen molar-refractivity contribution in [3.63, 3.8) is 0 Å². The summed E-state index contributed by atoms with van der Waals surface area (Å²) in [7, 11) is 0. The van der Waals surface area contributed by atoms with Crippen LogP contribution in [0.5, 0.6) is 5.75 Å². The molecule has 2 rings (SSSR count). The fraction of sp³-hybridized carbons (Fsp3) is 0.350. The molecular weight excluding hydrogens is 286 g/mol. The van der Waals surface area contributed by atoms with E-state index in [-0.39, 0.29) is 5.78 Å². The van der Waals surface area contributed by atoms with E-state index < -0.39 is 0 Å². The van der Waals surface area contributed by atoms with Gasteiger partial charge in [-0.15, -0.1) is 0 Å². The molecule has 2 aromatic rings. The second kappa shape index (κ2) is 9.11. The summed E-state index contributed by atoms with van der Waals surface area (Å²) < 4.78 is 5.70. The maximum absolute atomic E-state index is 11.6. The normalized spacial score (nSPS) is 11.9. The zero-order valence-electron chi connectivity index (χ0n) is 13.9. The lowest BCUT2D eigenvalue weighted by Crippen LogP contribution is -2.31. The van der Waals surface area contributed by atoms with Gasteiger partial charge in [0, 0.05) is 24.6 Å². The van der Waals surface area contributed by atoms with Crippen molar-refractivity contribution in [3.8, 4) is 5.75 Å². The fourth-order valence-electron chi connectivity index (χ4n) is 2.46. The maximum atomic E-state index is 11.6. The molecule has 0 radical (unpaired) electrons. The van der Waals surface area contributed by atoms with Gasteiger partial charge in [0.05, 0.1) is 0 Å². The van der Waals surface area contributed by atoms with E-state index in [9.17, 15) is 4.79 Å². The van der Waals surface area contributed by atoms with Crippen LogP contribution in [0.3, 0.4) is 0 Å². The Kier molecular flexibility index (Phi) is 6.82. The van der Waals surface area contributed by atoms with Gasteiger partial charge < -0.3 is 10.1 Å². The summed E-state index contributed by atoms with van der Waals surface area (Å²) in [5, 5.41) is 3.46. The van der Waals surface area contributed by atoms with Crippen LogP contribution in [-0.4, -0.2) is 25.0 Å². The molecule has 3 nitrogen and oxygen atoms in total. The Morgan fingerprint density at radius 3 is 2.43 bits per heavy atom. The van der Waals surface area contributed by atoms with Crippen molar-refractivity contribution in [2.24, 2.45) is 0 Å². The highest BCUT2D eigenvalue weighted by Crippen LogP contribution is 2.13. The number of benzene rings is 2. The number of ketones is 1. The summed E-state index contributed by atoms with van der Waals surface area (Å²) in [6.07, 6.45) is 1.54. The molecule has 0 amide bonds. The van der Waals surface area contributed by atoms with Crippen molar-refractivity contribution in [2.75, 3.05) is 13.2 Å². The van der Waals surface area contributed by atoms with Crippen molar-refractivity contribution in [1.82, 2.24) is 5.32 Å². The van der Waals surface area contributed by atoms with E-state index in [1.54, 1.807) is 0 Å². The highest BCUT2D eigenvalue weighted by atomic mass is 16.5. The van der Waals surface area contributed by atoms with Gasteiger partial charge in [-0.25, -0.2) is 0 Å². The first kappa shape index (κ1) is 17.2. The van der Waals surface area contributed by atoms with Crippen LogP contribution in [-0.2, 0) is 6.42 Å². The lowest BCUT2D eigenvalue weighted by Gasteiger charge is -2.14. The average Bonchev–Trinajstić information content (AvgIpc) is 2.59. The Balaban J connectivity index is 1.68. The molecule has 2 aromatic carbocycles. The zero-order chi connectivity index (χ0) is 16.5. The summed E-state index contributed by atoms with van der Waals surface area (Å²) in [5.74, 6) is 0.961. The van der Waals surface area contributed by atoms with E-state index in [1.807, 2.05) is 37.3 Å². The highest BCUT2D eigenvalue weighted by molar-refractivity contribution is 5.95. The average molecular weight is 311 g/mol. The summed E-state index contributed by atoms with van der Waals surface area (Å²) >= 11 is 0. The van der Waals surface area contributed by atoms with Gasteiger partial charge in [-0.3, -0.25) is 4.79 Å². The number of hydrogen-bond donors (Lipinski definition) is 1. The van der Waals surface area contributed by atoms with E-state index in [2.05, 4.69) is 36.5 Å². The van der Waals surface area contributed by atoms with Crippen LogP contribution in [0.4, 0.5) is 0 Å². The molecule has 0 bridgehead atoms. The molecule has 1 atom stereocenters. The van der Waals surface area contributed by atoms with E-state index in [1.165, 1.54) is 5.56 Å². The summed E-state index contributed by atoms with van der Waals surface area (Å²) in [4.78, 5) is 11.6. The number of hydrogen-bond acceptors (Lipinski definition) is 3. The lowest BCUT2D eigenvalue weighted by molar-refractivity contribution is 0.0988. The van der Waals surface area contributed by atoms with Crippen molar-refractivity contribution in [2.45, 2.75) is 32.7 Å². The van der Waals surface area contributed by atoms with Gasteiger partial charge in [0.25, 0.3) is 0 Å². The quantitative estimate of drug-likeness (QED) is 0.564. The molecule has 0 aliphatic rings. The largest absolute Gasteiger partial charge is 0.492 e. The Labute approximate surface area is 138 Å². The molecular formula is C20H25NO2. The minimum atomic E-state index is 0.160. The molecule has 3 heteroatoms. The van der Waals surface area contributed by atoms with E-state index in [0.29, 0.717) is 19.1 Å². The van der Waals surface area contributed by atoms with Gasteiger partial charge >= 0.3 is 0 Å². The van der Waals surface area contributed by atoms with Gasteiger partial charge in [-0.2, -0.15) is 0 Å². The smallest absolute Gasteiger partial charge is 0.162 e. The molecule has 0 aromatic heterocycles. The van der Waals surface area contributed by atoms with E-state index in [0.717, 1.165) is 24.3 Å². The van der Waals surface area contributed by atoms with Crippen LogP contribution in [0.15, 0.2) is 54.6 Å². The monoisotopic (exact) mass is 311 g/mol. The minimum absolute atomic E-state index is 0.160. The zero-order valence-corrected chi connectivity index (χ0v) is 13.9. The molecule has 0 unspecified atom stereocenters. The molecule has 0 spiro atoms. The van der Waals surface area contributed by atoms with E-state index in [4.69, 9.17) is 4.74 Å². The van der Waals surface area contributed by atoms with Crippen LogP contribution in [0.1, 0.15) is 36.2 Å². The highest BCUT2D eigenvalue weighted by Gasteiger charge is 2.04. The molecule has 0 heterocycles. The number of carbonyl (C=O) groups is 1. The van der Waals surface area contributed by atoms with Crippen molar-refractivity contribution in [3.05, 3.63) is 65.7 Å². The number of ether oxygens (including phenoxy) is 1. The fourth-order valence-corrected chi connectivity index (χ4v) is 2.46. The van der Waals surface area contributed by atoms with Crippen LogP contribution in [0.25, 0.3) is 0 Å². The van der Waals surface area contributed by atoms with Gasteiger partial charge in [0.2, 0.25) is 0 Å². The number of nitrogens with one attached hydrogen (secondary N) is 1. The molecule has 0 aliphatic heterocycles. The van der Waals surface area contributed by atoms with Crippen LogP contribution < -0.4 is 10.1 Å². The van der Waals surface area contributed by atoms with E-state index >= 15 is 0 Å². The first-order valence-corrected chi connectivity index (χ1v) is 8.22. The molecule has 1 N–H and O–H groups in total. The third-order valence-corrected chi connectivity index (χ3v) is 3.75. The summed E-state index contributed by atoms with van der Waals surface area (Å²) in [6, 6.07) is 18.2. The molecule has 0 fully saturated rings. The Morgan fingerprint density at radius 1 is 1.09 bits per heavy atom. The standard InChI is InChI=1S/C20H25NO2/c1-3-20(22)18-9-11-19(12-10-18)23-14-13-21-16(2)15-17-7-5-4-6-8-17/h4-12,16,21H,3,13-15H2,1-2H3/t16-/m1/s1. The van der Waals surface area contributed by atoms with Gasteiger partial charge in [-0.05, 0) is 43.2 Å². The first-order valence-electron chi connectivity index (χ1n) is 8.22. The van der Waals surface area contributed by atoms with Crippen LogP contribution in [0.2, 0.25) is 0 Å². The third-order valence-electron chi connectivity index (χ3n) is 3.75. The number of rotatable bonds is 9. The molecule has 0 saturated carbocycles. The van der Waals surface area contributed by atoms with Crippen molar-refractivity contribution in [1.29, 1.82) is 0 Å². The third kappa shape index (κ3) is 5.87. The molecule has 0 saturated heterocycles. The Morgan fingerprint density at radius 2 is 1.78 bits per heavy atom. The first-order chi connectivity index (χ1) is 11.2. The predicted molar refractivity (Wildman–Crippen MR) is 94.2 cm³/mol. The molecule has 122 valence electrons. The van der Waals surface area contributed by atoms with Gasteiger partial charge in [-0.1, -0.05) is 37.3 Å². The molecule has 0 aliphatic carbocycles. The predicted octanol–water partition coefficient (Wildman–Crippen LogP) is 3.88. The van der Waals surface area contributed by atoms with Crippen LogP contribution >= 0.6 is 0 Å². The second-order valence-electron chi connectivity index (χ2n) is 5.69. The summed E-state index contributed by atoms with van der Waals surface area (Å²) in [6.45, 7) is 5.46. The van der Waals surface area contributed by atoms with Crippen molar-refractivity contribution >= 4 is 5.78 Å². The number of carbonyl (C=O) groups excluding carboxylic acids is 1. The topological polar surface area (TPSA) is 38.3 Å². The van der Waals surface area contributed by atoms with Crippen LogP contribution in [0, 0.1) is 0 Å². The second-order valence-corrected chi connectivity index (χ2v) is 5.69. The Hall–Kier alpha value is -2.13. The SMILES string of the molecule is CCC(=O)c1ccc(OCCN[C@H](C)Cc2ccccc2)cc1. The summed E-state index contributed by atoms with van der Waals surface area (Å²) in [5.41, 5.74) is 2.08. The number of Topliss-reactive ketones (excluding diaryl/α,β-unsaturated/α-hetero) is 1. The van der Waals surface area contributed by atoms with Gasteiger partial charge in [0.15, 0.2) is 5.78 Å². The maximum Gasteiger partial charge on any atom is 0.162 e. The lowest BCUT2D eigenvalue weighted by atomic mass is 10.1. The van der Waals surface area contributed by atoms with Gasteiger partial charge in [0.1, 0.15) is 12.4 Å². The molecule has 23 heavy (non-hydrogen) atoms. The van der Waals surface area contributed by atoms with Crippen molar-refractivity contribution < 1.29 is 9.53 Å². The Bertz CT molecular complexity index is 593.